The molecule has 5 N–H and O–H groups in total. The van der Waals surface area contributed by atoms with Crippen LogP contribution in [-0.4, -0.2) is 31.4 Å². The first kappa shape index (κ1) is 28.0. The van der Waals surface area contributed by atoms with Gasteiger partial charge in [0.1, 0.15) is 5.75 Å². The Balaban J connectivity index is 1.80. The van der Waals surface area contributed by atoms with Crippen molar-refractivity contribution in [1.29, 1.82) is 0 Å². The minimum absolute atomic E-state index is 0.0210. The second kappa shape index (κ2) is 11.2. The number of sulfone groups is 1. The number of aromatic carboxylic acids is 1. The van der Waals surface area contributed by atoms with Crippen molar-refractivity contribution >= 4 is 33.7 Å². The Morgan fingerprint density at radius 2 is 1.63 bits per heavy atom. The second-order valence-electron chi connectivity index (χ2n) is 8.33. The molecule has 0 aliphatic carbocycles. The van der Waals surface area contributed by atoms with Gasteiger partial charge in [-0.25, -0.2) is 22.0 Å². The molecule has 3 aromatic carbocycles. The normalized spacial score (nSPS) is 11.6. The SMILES string of the molecule is C/C(=C\c1cc(F)c(Oc2ccc(S(=O)(=O)Cc3cc(C)cc(C(=O)O)c3)cc2)c(F)c1)C(=O)N=C(N)N. The van der Waals surface area contributed by atoms with Gasteiger partial charge >= 0.3 is 5.97 Å². The van der Waals surface area contributed by atoms with Crippen molar-refractivity contribution < 1.29 is 36.6 Å². The molecular formula is C26H23F2N3O6S. The van der Waals surface area contributed by atoms with Crippen LogP contribution in [0, 0.1) is 18.6 Å². The summed E-state index contributed by atoms with van der Waals surface area (Å²) in [4.78, 5) is 26.3. The van der Waals surface area contributed by atoms with Gasteiger partial charge in [-0.1, -0.05) is 6.07 Å². The minimum Gasteiger partial charge on any atom is -0.478 e. The third-order valence-electron chi connectivity index (χ3n) is 5.12. The molecule has 3 aromatic rings. The van der Waals surface area contributed by atoms with Gasteiger partial charge in [0, 0.05) is 5.57 Å². The van der Waals surface area contributed by atoms with Crippen molar-refractivity contribution in [3.05, 3.63) is 94.1 Å². The highest BCUT2D eigenvalue weighted by Crippen LogP contribution is 2.30. The molecule has 0 saturated heterocycles. The number of ether oxygens (including phenoxy) is 1. The van der Waals surface area contributed by atoms with Crippen molar-refractivity contribution in [1.82, 2.24) is 0 Å². The van der Waals surface area contributed by atoms with Gasteiger partial charge in [0.15, 0.2) is 33.2 Å². The van der Waals surface area contributed by atoms with Crippen molar-refractivity contribution in [2.24, 2.45) is 16.5 Å². The molecule has 0 spiro atoms. The zero-order valence-corrected chi connectivity index (χ0v) is 21.1. The zero-order chi connectivity index (χ0) is 28.2. The van der Waals surface area contributed by atoms with Gasteiger partial charge in [0.05, 0.1) is 16.2 Å². The number of carbonyl (C=O) groups is 2. The second-order valence-corrected chi connectivity index (χ2v) is 10.3. The molecule has 0 saturated carbocycles. The lowest BCUT2D eigenvalue weighted by Crippen LogP contribution is -2.24. The summed E-state index contributed by atoms with van der Waals surface area (Å²) in [5.74, 6) is -5.74. The fraction of sp³-hybridized carbons (Fsp3) is 0.115. The Bertz CT molecular complexity index is 1560. The fourth-order valence-corrected chi connectivity index (χ4v) is 4.81. The third kappa shape index (κ3) is 7.01. The summed E-state index contributed by atoms with van der Waals surface area (Å²) in [7, 11) is -3.87. The molecule has 0 aliphatic heterocycles. The van der Waals surface area contributed by atoms with Crippen molar-refractivity contribution in [2.45, 2.75) is 24.5 Å². The molecule has 198 valence electrons. The minimum atomic E-state index is -3.87. The molecule has 0 fully saturated rings. The molecule has 0 radical (unpaired) electrons. The number of nitrogens with zero attached hydrogens (tertiary/aromatic N) is 1. The Kier molecular flexibility index (Phi) is 8.26. The first-order valence-corrected chi connectivity index (χ1v) is 12.6. The maximum atomic E-state index is 14.6. The summed E-state index contributed by atoms with van der Waals surface area (Å²) in [5.41, 5.74) is 11.2. The number of carboxylic acids is 1. The number of guanidine groups is 1. The van der Waals surface area contributed by atoms with Gasteiger partial charge in [0.2, 0.25) is 0 Å². The van der Waals surface area contributed by atoms with Crippen LogP contribution in [0.5, 0.6) is 11.5 Å². The molecule has 0 unspecified atom stereocenters. The standard InChI is InChI=1S/C26H23F2N3O6S/c1-14-7-17(10-18(8-14)25(33)34)13-38(35,36)20-5-3-19(4-6-20)37-23-21(27)11-16(12-22(23)28)9-15(2)24(32)31-26(29)30/h3-12H,13H2,1-2H3,(H,33,34)(H4,29,30,31,32)/b15-9+. The smallest absolute Gasteiger partial charge is 0.335 e. The lowest BCUT2D eigenvalue weighted by atomic mass is 10.1. The first-order valence-electron chi connectivity index (χ1n) is 10.9. The van der Waals surface area contributed by atoms with Crippen LogP contribution in [0.15, 0.2) is 70.1 Å². The number of hydrogen-bond donors (Lipinski definition) is 3. The summed E-state index contributed by atoms with van der Waals surface area (Å²) >= 11 is 0. The van der Waals surface area contributed by atoms with E-state index in [1.165, 1.54) is 49.4 Å². The number of amides is 1. The summed E-state index contributed by atoms with van der Waals surface area (Å²) < 4.78 is 60.2. The lowest BCUT2D eigenvalue weighted by Gasteiger charge is -2.11. The molecule has 12 heteroatoms. The van der Waals surface area contributed by atoms with Gasteiger partial charge in [-0.2, -0.15) is 4.99 Å². The van der Waals surface area contributed by atoms with Crippen LogP contribution in [0.3, 0.4) is 0 Å². The highest BCUT2D eigenvalue weighted by Gasteiger charge is 2.19. The number of aliphatic imine (C=N–C) groups is 1. The zero-order valence-electron chi connectivity index (χ0n) is 20.2. The summed E-state index contributed by atoms with van der Waals surface area (Å²) in [6.07, 6.45) is 1.19. The predicted molar refractivity (Wildman–Crippen MR) is 136 cm³/mol. The molecule has 0 aromatic heterocycles. The number of carboxylic acid groups (broad SMARTS) is 1. The van der Waals surface area contributed by atoms with E-state index in [2.05, 4.69) is 4.99 Å². The van der Waals surface area contributed by atoms with Crippen molar-refractivity contribution in [3.63, 3.8) is 0 Å². The van der Waals surface area contributed by atoms with Crippen LogP contribution >= 0.6 is 0 Å². The highest BCUT2D eigenvalue weighted by molar-refractivity contribution is 7.90. The molecule has 0 bridgehead atoms. The number of nitrogens with two attached hydrogens (primary N) is 2. The van der Waals surface area contributed by atoms with Gasteiger partial charge in [-0.05, 0) is 85.1 Å². The average molecular weight is 544 g/mol. The third-order valence-corrected chi connectivity index (χ3v) is 6.82. The Morgan fingerprint density at radius 1 is 1.03 bits per heavy atom. The van der Waals surface area contributed by atoms with Gasteiger partial charge in [-0.15, -0.1) is 0 Å². The maximum absolute atomic E-state index is 14.6. The van der Waals surface area contributed by atoms with Crippen molar-refractivity contribution in [3.8, 4) is 11.5 Å². The van der Waals surface area contributed by atoms with Gasteiger partial charge in [-0.3, -0.25) is 4.79 Å². The van der Waals surface area contributed by atoms with E-state index in [9.17, 15) is 31.9 Å². The summed E-state index contributed by atoms with van der Waals surface area (Å²) in [6.45, 7) is 3.03. The van der Waals surface area contributed by atoms with Crippen LogP contribution in [0.2, 0.25) is 0 Å². The van der Waals surface area contributed by atoms with Crippen LogP contribution < -0.4 is 16.2 Å². The number of benzene rings is 3. The first-order chi connectivity index (χ1) is 17.7. The van der Waals surface area contributed by atoms with E-state index in [1.54, 1.807) is 13.0 Å². The van der Waals surface area contributed by atoms with E-state index >= 15 is 0 Å². The van der Waals surface area contributed by atoms with E-state index in [0.717, 1.165) is 12.1 Å². The molecule has 38 heavy (non-hydrogen) atoms. The highest BCUT2D eigenvalue weighted by atomic mass is 32.2. The van der Waals surface area contributed by atoms with Gasteiger partial charge in [0.25, 0.3) is 5.91 Å². The summed E-state index contributed by atoms with van der Waals surface area (Å²) in [5, 5.41) is 9.20. The van der Waals surface area contributed by atoms with Crippen LogP contribution in [0.4, 0.5) is 8.78 Å². The number of aryl methyl sites for hydroxylation is 1. The molecule has 0 atom stereocenters. The van der Waals surface area contributed by atoms with E-state index in [-0.39, 0.29) is 27.3 Å². The molecular weight excluding hydrogens is 520 g/mol. The number of rotatable bonds is 8. The maximum Gasteiger partial charge on any atom is 0.335 e. The largest absolute Gasteiger partial charge is 0.478 e. The van der Waals surface area contributed by atoms with E-state index in [0.29, 0.717) is 11.1 Å². The Morgan fingerprint density at radius 3 is 2.18 bits per heavy atom. The molecule has 1 amide bonds. The molecule has 3 rings (SSSR count). The molecule has 0 heterocycles. The predicted octanol–water partition coefficient (Wildman–Crippen LogP) is 3.94. The van der Waals surface area contributed by atoms with Crippen LogP contribution in [0.1, 0.15) is 34.0 Å². The van der Waals surface area contributed by atoms with Crippen molar-refractivity contribution in [2.75, 3.05) is 0 Å². The Hall–Kier alpha value is -4.58. The van der Waals surface area contributed by atoms with E-state index < -0.39 is 50.8 Å². The van der Waals surface area contributed by atoms with Gasteiger partial charge < -0.3 is 21.3 Å². The van der Waals surface area contributed by atoms with Crippen LogP contribution in [-0.2, 0) is 20.4 Å². The number of halogens is 2. The quantitative estimate of drug-likeness (QED) is 0.219. The number of carbonyl (C=O) groups excluding carboxylic acids is 1. The fourth-order valence-electron chi connectivity index (χ4n) is 3.48. The average Bonchev–Trinajstić information content (AvgIpc) is 2.80. The topological polar surface area (TPSA) is 162 Å². The van der Waals surface area contributed by atoms with E-state index in [4.69, 9.17) is 16.2 Å². The van der Waals surface area contributed by atoms with Crippen LogP contribution in [0.25, 0.3) is 6.08 Å². The Labute approximate surface area is 217 Å². The molecule has 0 aliphatic rings. The molecule has 9 nitrogen and oxygen atoms in total. The lowest BCUT2D eigenvalue weighted by molar-refractivity contribution is -0.114. The monoisotopic (exact) mass is 543 g/mol. The summed E-state index contributed by atoms with van der Waals surface area (Å²) in [6, 6.07) is 11.1. The number of hydrogen-bond acceptors (Lipinski definition) is 5. The van der Waals surface area contributed by atoms with E-state index in [1.807, 2.05) is 0 Å².